The van der Waals surface area contributed by atoms with E-state index in [-0.39, 0.29) is 31.6 Å². The molecule has 0 aliphatic carbocycles. The predicted octanol–water partition coefficient (Wildman–Crippen LogP) is -0.180. The van der Waals surface area contributed by atoms with E-state index in [0.717, 1.165) is 5.56 Å². The SMILES string of the molecule is COCC(=O)Nc1ccc([C@H]2OCC(=O)N[C@@H]2CO)cc1. The lowest BCUT2D eigenvalue weighted by atomic mass is 10.0. The molecule has 0 spiro atoms. The highest BCUT2D eigenvalue weighted by molar-refractivity contribution is 5.91. The number of anilines is 1. The van der Waals surface area contributed by atoms with Crippen LogP contribution in [0.15, 0.2) is 24.3 Å². The molecule has 1 aromatic carbocycles. The molecule has 0 unspecified atom stereocenters. The Kier molecular flexibility index (Phi) is 5.26. The van der Waals surface area contributed by atoms with Crippen molar-refractivity contribution in [1.82, 2.24) is 5.32 Å². The Balaban J connectivity index is 2.04. The fourth-order valence-corrected chi connectivity index (χ4v) is 2.16. The first-order valence-corrected chi connectivity index (χ1v) is 6.54. The molecule has 0 radical (unpaired) electrons. The van der Waals surface area contributed by atoms with Gasteiger partial charge >= 0.3 is 0 Å². The van der Waals surface area contributed by atoms with Crippen LogP contribution in [0.25, 0.3) is 0 Å². The van der Waals surface area contributed by atoms with Crippen molar-refractivity contribution in [1.29, 1.82) is 0 Å². The lowest BCUT2D eigenvalue weighted by Gasteiger charge is -2.31. The number of hydrogen-bond acceptors (Lipinski definition) is 5. The second-order valence-electron chi connectivity index (χ2n) is 4.69. The topological polar surface area (TPSA) is 96.9 Å². The quantitative estimate of drug-likeness (QED) is 0.700. The van der Waals surface area contributed by atoms with Gasteiger partial charge in [0.05, 0.1) is 12.6 Å². The van der Waals surface area contributed by atoms with Crippen molar-refractivity contribution in [2.75, 3.05) is 32.2 Å². The summed E-state index contributed by atoms with van der Waals surface area (Å²) >= 11 is 0. The van der Waals surface area contributed by atoms with E-state index in [0.29, 0.717) is 5.69 Å². The maximum atomic E-state index is 11.4. The molecular formula is C14H18N2O5. The van der Waals surface area contributed by atoms with Gasteiger partial charge in [0, 0.05) is 12.8 Å². The summed E-state index contributed by atoms with van der Waals surface area (Å²) in [4.78, 5) is 22.6. The summed E-state index contributed by atoms with van der Waals surface area (Å²) in [5.41, 5.74) is 1.46. The van der Waals surface area contributed by atoms with E-state index in [2.05, 4.69) is 10.6 Å². The van der Waals surface area contributed by atoms with E-state index in [1.165, 1.54) is 7.11 Å². The molecule has 0 saturated carbocycles. The molecule has 7 heteroatoms. The van der Waals surface area contributed by atoms with Gasteiger partial charge in [0.1, 0.15) is 19.3 Å². The fraction of sp³-hybridized carbons (Fsp3) is 0.429. The van der Waals surface area contributed by atoms with Crippen molar-refractivity contribution < 1.29 is 24.2 Å². The first-order valence-electron chi connectivity index (χ1n) is 6.54. The standard InChI is InChI=1S/C14H18N2O5/c1-20-7-12(18)15-10-4-2-9(3-5-10)14-11(6-17)16-13(19)8-21-14/h2-5,11,14,17H,6-8H2,1H3,(H,15,18)(H,16,19)/t11-,14-/m1/s1. The van der Waals surface area contributed by atoms with Gasteiger partial charge in [-0.2, -0.15) is 0 Å². The Morgan fingerprint density at radius 2 is 2.19 bits per heavy atom. The van der Waals surface area contributed by atoms with Crippen LogP contribution in [0.5, 0.6) is 0 Å². The van der Waals surface area contributed by atoms with Crippen molar-refractivity contribution in [2.45, 2.75) is 12.1 Å². The minimum Gasteiger partial charge on any atom is -0.394 e. The van der Waals surface area contributed by atoms with Gasteiger partial charge in [-0.1, -0.05) is 12.1 Å². The summed E-state index contributed by atoms with van der Waals surface area (Å²) in [5.74, 6) is -0.478. The van der Waals surface area contributed by atoms with E-state index >= 15 is 0 Å². The fourth-order valence-electron chi connectivity index (χ4n) is 2.16. The zero-order chi connectivity index (χ0) is 15.2. The third-order valence-electron chi connectivity index (χ3n) is 3.10. The number of methoxy groups -OCH3 is 1. The second kappa shape index (κ2) is 7.16. The summed E-state index contributed by atoms with van der Waals surface area (Å²) in [5, 5.41) is 14.7. The molecule has 2 atom stereocenters. The maximum absolute atomic E-state index is 11.4. The molecule has 1 aliphatic rings. The average Bonchev–Trinajstić information content (AvgIpc) is 2.48. The van der Waals surface area contributed by atoms with Crippen molar-refractivity contribution in [2.24, 2.45) is 0 Å². The molecule has 1 heterocycles. The number of nitrogens with one attached hydrogen (secondary N) is 2. The van der Waals surface area contributed by atoms with Crippen LogP contribution in [0.4, 0.5) is 5.69 Å². The van der Waals surface area contributed by atoms with Crippen LogP contribution in [-0.2, 0) is 19.1 Å². The number of hydrogen-bond donors (Lipinski definition) is 3. The molecule has 2 amide bonds. The van der Waals surface area contributed by atoms with Gasteiger partial charge in [-0.25, -0.2) is 0 Å². The Morgan fingerprint density at radius 1 is 1.48 bits per heavy atom. The number of carbonyl (C=O) groups excluding carboxylic acids is 2. The summed E-state index contributed by atoms with van der Waals surface area (Å²) in [6, 6.07) is 6.56. The molecule has 1 fully saturated rings. The molecule has 1 saturated heterocycles. The van der Waals surface area contributed by atoms with Crippen molar-refractivity contribution in [3.63, 3.8) is 0 Å². The first kappa shape index (κ1) is 15.4. The third-order valence-corrected chi connectivity index (χ3v) is 3.10. The van der Waals surface area contributed by atoms with Crippen LogP contribution in [0.1, 0.15) is 11.7 Å². The summed E-state index contributed by atoms with van der Waals surface area (Å²) in [7, 11) is 1.45. The van der Waals surface area contributed by atoms with Crippen LogP contribution in [-0.4, -0.2) is 49.9 Å². The lowest BCUT2D eigenvalue weighted by molar-refractivity contribution is -0.138. The zero-order valence-electron chi connectivity index (χ0n) is 11.7. The largest absolute Gasteiger partial charge is 0.394 e. The highest BCUT2D eigenvalue weighted by atomic mass is 16.5. The third kappa shape index (κ3) is 4.01. The highest BCUT2D eigenvalue weighted by Gasteiger charge is 2.30. The molecular weight excluding hydrogens is 276 g/mol. The Bertz CT molecular complexity index is 503. The van der Waals surface area contributed by atoms with Gasteiger partial charge in [0.2, 0.25) is 11.8 Å². The van der Waals surface area contributed by atoms with Crippen LogP contribution in [0, 0.1) is 0 Å². The van der Waals surface area contributed by atoms with Gasteiger partial charge in [0.15, 0.2) is 0 Å². The van der Waals surface area contributed by atoms with Gasteiger partial charge in [-0.05, 0) is 17.7 Å². The summed E-state index contributed by atoms with van der Waals surface area (Å²) in [6.07, 6.45) is -0.406. The normalized spacial score (nSPS) is 21.7. The zero-order valence-corrected chi connectivity index (χ0v) is 11.7. The molecule has 1 aromatic rings. The van der Waals surface area contributed by atoms with Gasteiger partial charge in [0.25, 0.3) is 0 Å². The van der Waals surface area contributed by atoms with E-state index in [1.807, 2.05) is 0 Å². The number of amides is 2. The Labute approximate surface area is 122 Å². The summed E-state index contributed by atoms with van der Waals surface area (Å²) < 4.78 is 10.2. The van der Waals surface area contributed by atoms with Gasteiger partial charge in [-0.3, -0.25) is 9.59 Å². The van der Waals surface area contributed by atoms with Crippen LogP contribution >= 0.6 is 0 Å². The number of benzene rings is 1. The number of morpholine rings is 1. The minimum atomic E-state index is -0.472. The number of aliphatic hydroxyl groups excluding tert-OH is 1. The monoisotopic (exact) mass is 294 g/mol. The van der Waals surface area contributed by atoms with Gasteiger partial charge < -0.3 is 25.2 Å². The number of aliphatic hydroxyl groups is 1. The van der Waals surface area contributed by atoms with E-state index in [9.17, 15) is 14.7 Å². The smallest absolute Gasteiger partial charge is 0.250 e. The van der Waals surface area contributed by atoms with Gasteiger partial charge in [-0.15, -0.1) is 0 Å². The van der Waals surface area contributed by atoms with E-state index in [4.69, 9.17) is 9.47 Å². The molecule has 3 N–H and O–H groups in total. The predicted molar refractivity (Wildman–Crippen MR) is 74.7 cm³/mol. The average molecular weight is 294 g/mol. The molecule has 21 heavy (non-hydrogen) atoms. The molecule has 0 bridgehead atoms. The van der Waals surface area contributed by atoms with Crippen LogP contribution in [0.2, 0.25) is 0 Å². The molecule has 0 aromatic heterocycles. The molecule has 114 valence electrons. The Morgan fingerprint density at radius 3 is 2.81 bits per heavy atom. The molecule has 7 nitrogen and oxygen atoms in total. The second-order valence-corrected chi connectivity index (χ2v) is 4.69. The lowest BCUT2D eigenvalue weighted by Crippen LogP contribution is -2.49. The van der Waals surface area contributed by atoms with E-state index < -0.39 is 12.1 Å². The maximum Gasteiger partial charge on any atom is 0.250 e. The first-order chi connectivity index (χ1) is 10.1. The van der Waals surface area contributed by atoms with Crippen molar-refractivity contribution in [3.05, 3.63) is 29.8 Å². The van der Waals surface area contributed by atoms with Crippen molar-refractivity contribution in [3.8, 4) is 0 Å². The number of ether oxygens (including phenoxy) is 2. The number of carbonyl (C=O) groups is 2. The molecule has 2 rings (SSSR count). The molecule has 1 aliphatic heterocycles. The van der Waals surface area contributed by atoms with Crippen LogP contribution < -0.4 is 10.6 Å². The van der Waals surface area contributed by atoms with E-state index in [1.54, 1.807) is 24.3 Å². The number of rotatable bonds is 5. The van der Waals surface area contributed by atoms with Crippen LogP contribution in [0.3, 0.4) is 0 Å². The highest BCUT2D eigenvalue weighted by Crippen LogP contribution is 2.25. The summed E-state index contributed by atoms with van der Waals surface area (Å²) in [6.45, 7) is -0.248. The Hall–Kier alpha value is -1.96. The van der Waals surface area contributed by atoms with Crippen molar-refractivity contribution >= 4 is 17.5 Å². The minimum absolute atomic E-state index is 0.00783.